The fourth-order valence-corrected chi connectivity index (χ4v) is 2.50. The maximum Gasteiger partial charge on any atom is 0.276 e. The molecule has 0 bridgehead atoms. The molecule has 0 atom stereocenters. The average molecular weight is 311 g/mol. The van der Waals surface area contributed by atoms with Crippen LogP contribution in [0.3, 0.4) is 0 Å². The molecule has 2 aromatic carbocycles. The maximum atomic E-state index is 12.4. The summed E-state index contributed by atoms with van der Waals surface area (Å²) < 4.78 is 0.468. The number of hydrogen-bond donors (Lipinski definition) is 0. The number of carbonyl (C=O) groups is 1. The molecule has 7 heteroatoms. The molecule has 0 saturated carbocycles. The minimum absolute atomic E-state index is 0.0101. The number of Topliss-reactive ketones (excluding diaryl/α,β-unsaturated/α-hetero) is 1. The van der Waals surface area contributed by atoms with E-state index in [1.807, 2.05) is 19.0 Å². The number of rotatable bonds is 3. The molecule has 0 N–H and O–H groups in total. The summed E-state index contributed by atoms with van der Waals surface area (Å²) in [5.41, 5.74) is 1.36. The average Bonchev–Trinajstić information content (AvgIpc) is 2.78. The molecule has 0 aromatic heterocycles. The van der Waals surface area contributed by atoms with Crippen LogP contribution in [0.2, 0.25) is 0 Å². The Hall–Kier alpha value is -3.22. The predicted molar refractivity (Wildman–Crippen MR) is 85.6 cm³/mol. The molecular weight excluding hydrogens is 298 g/mol. The van der Waals surface area contributed by atoms with Gasteiger partial charge in [0, 0.05) is 25.8 Å². The zero-order chi connectivity index (χ0) is 16.7. The van der Waals surface area contributed by atoms with Crippen LogP contribution in [0.1, 0.15) is 15.9 Å². The zero-order valence-corrected chi connectivity index (χ0v) is 12.5. The summed E-state index contributed by atoms with van der Waals surface area (Å²) in [5, 5.41) is 23.3. The first-order chi connectivity index (χ1) is 10.9. The molecule has 0 spiro atoms. The van der Waals surface area contributed by atoms with Crippen LogP contribution in [0, 0.1) is 15.3 Å². The van der Waals surface area contributed by atoms with E-state index in [0.29, 0.717) is 10.3 Å². The van der Waals surface area contributed by atoms with Crippen LogP contribution in [0.15, 0.2) is 42.5 Å². The number of anilines is 1. The van der Waals surface area contributed by atoms with Gasteiger partial charge in [0.05, 0.1) is 16.6 Å². The van der Waals surface area contributed by atoms with Crippen molar-refractivity contribution < 1.29 is 14.5 Å². The van der Waals surface area contributed by atoms with Gasteiger partial charge in [-0.05, 0) is 30.3 Å². The Bertz CT molecular complexity index is 854. The van der Waals surface area contributed by atoms with Gasteiger partial charge < -0.3 is 10.1 Å². The number of nitro benzene ring substituents is 1. The van der Waals surface area contributed by atoms with Crippen LogP contribution in [0.4, 0.5) is 17.1 Å². The fraction of sp³-hybridized carbons (Fsp3) is 0.125. The SMILES string of the molecule is CN(C)c1ccc(C2=[N+]([O-])c3cc([N+](=O)[O-])ccc3C2=O)cc1. The third kappa shape index (κ3) is 2.32. The van der Waals surface area contributed by atoms with Crippen molar-refractivity contribution in [3.63, 3.8) is 0 Å². The smallest absolute Gasteiger partial charge is 0.276 e. The quantitative estimate of drug-likeness (QED) is 0.376. The van der Waals surface area contributed by atoms with E-state index in [-0.39, 0.29) is 22.6 Å². The van der Waals surface area contributed by atoms with Crippen molar-refractivity contribution in [1.82, 2.24) is 0 Å². The summed E-state index contributed by atoms with van der Waals surface area (Å²) in [5.74, 6) is -0.428. The molecule has 1 aliphatic heterocycles. The molecule has 23 heavy (non-hydrogen) atoms. The molecule has 0 saturated heterocycles. The van der Waals surface area contributed by atoms with E-state index < -0.39 is 10.7 Å². The predicted octanol–water partition coefficient (Wildman–Crippen LogP) is 2.49. The highest BCUT2D eigenvalue weighted by Crippen LogP contribution is 2.31. The summed E-state index contributed by atoms with van der Waals surface area (Å²) in [4.78, 5) is 24.6. The molecule has 0 amide bonds. The van der Waals surface area contributed by atoms with Crippen LogP contribution in [-0.2, 0) is 0 Å². The molecule has 3 rings (SSSR count). The minimum atomic E-state index is -0.595. The summed E-state index contributed by atoms with van der Waals surface area (Å²) in [6, 6.07) is 10.7. The number of nitrogens with zero attached hydrogens (tertiary/aromatic N) is 3. The summed E-state index contributed by atoms with van der Waals surface area (Å²) in [6.07, 6.45) is 0. The van der Waals surface area contributed by atoms with Gasteiger partial charge in [0.2, 0.25) is 5.69 Å². The summed E-state index contributed by atoms with van der Waals surface area (Å²) >= 11 is 0. The highest BCUT2D eigenvalue weighted by atomic mass is 16.6. The number of carbonyl (C=O) groups excluding carboxylic acids is 1. The van der Waals surface area contributed by atoms with Crippen molar-refractivity contribution >= 4 is 28.6 Å². The first-order valence-corrected chi connectivity index (χ1v) is 6.85. The van der Waals surface area contributed by atoms with Crippen LogP contribution < -0.4 is 4.90 Å². The number of non-ortho nitro benzene ring substituents is 1. The van der Waals surface area contributed by atoms with E-state index in [9.17, 15) is 20.1 Å². The Labute approximate surface area is 131 Å². The van der Waals surface area contributed by atoms with Crippen molar-refractivity contribution in [2.75, 3.05) is 19.0 Å². The summed E-state index contributed by atoms with van der Waals surface area (Å²) in [7, 11) is 3.77. The molecule has 2 aromatic rings. The number of benzene rings is 2. The van der Waals surface area contributed by atoms with Gasteiger partial charge in [-0.2, -0.15) is 4.74 Å². The topological polar surface area (TPSA) is 89.5 Å². The van der Waals surface area contributed by atoms with Gasteiger partial charge in [-0.15, -0.1) is 0 Å². The standard InChI is InChI=1S/C16H13N3O4/c1-17(2)11-5-3-10(4-6-11)15-16(20)13-8-7-12(19(22)23)9-14(13)18(15)21/h3-9H,1-2H3. The van der Waals surface area contributed by atoms with E-state index in [0.717, 1.165) is 11.8 Å². The Morgan fingerprint density at radius 3 is 2.30 bits per heavy atom. The molecule has 0 unspecified atom stereocenters. The first-order valence-electron chi connectivity index (χ1n) is 6.85. The van der Waals surface area contributed by atoms with Gasteiger partial charge in [-0.1, -0.05) is 0 Å². The second kappa shape index (κ2) is 5.20. The van der Waals surface area contributed by atoms with Crippen molar-refractivity contribution in [1.29, 1.82) is 0 Å². The van der Waals surface area contributed by atoms with E-state index >= 15 is 0 Å². The third-order valence-corrected chi connectivity index (χ3v) is 3.73. The molecular formula is C16H13N3O4. The van der Waals surface area contributed by atoms with E-state index in [2.05, 4.69) is 0 Å². The Morgan fingerprint density at radius 1 is 1.09 bits per heavy atom. The molecule has 116 valence electrons. The van der Waals surface area contributed by atoms with Crippen LogP contribution >= 0.6 is 0 Å². The molecule has 1 aliphatic rings. The number of hydrogen-bond acceptors (Lipinski definition) is 5. The lowest BCUT2D eigenvalue weighted by atomic mass is 10.0. The largest absolute Gasteiger partial charge is 0.618 e. The highest BCUT2D eigenvalue weighted by Gasteiger charge is 2.37. The zero-order valence-electron chi connectivity index (χ0n) is 12.5. The van der Waals surface area contributed by atoms with Gasteiger partial charge in [0.15, 0.2) is 0 Å². The number of nitro groups is 1. The molecule has 7 nitrogen and oxygen atoms in total. The molecule has 1 heterocycles. The van der Waals surface area contributed by atoms with Crippen molar-refractivity contribution in [2.45, 2.75) is 0 Å². The second-order valence-corrected chi connectivity index (χ2v) is 5.37. The van der Waals surface area contributed by atoms with Crippen molar-refractivity contribution in [2.24, 2.45) is 0 Å². The lowest BCUT2D eigenvalue weighted by Gasteiger charge is -2.12. The van der Waals surface area contributed by atoms with Crippen LogP contribution in [-0.4, -0.2) is 35.3 Å². The van der Waals surface area contributed by atoms with Crippen LogP contribution in [0.5, 0.6) is 0 Å². The third-order valence-electron chi connectivity index (χ3n) is 3.73. The molecule has 0 aliphatic carbocycles. The lowest BCUT2D eigenvalue weighted by molar-refractivity contribution is -0.387. The molecule has 0 radical (unpaired) electrons. The van der Waals surface area contributed by atoms with E-state index in [4.69, 9.17) is 0 Å². The van der Waals surface area contributed by atoms with Crippen molar-refractivity contribution in [3.8, 4) is 0 Å². The Morgan fingerprint density at radius 2 is 1.74 bits per heavy atom. The minimum Gasteiger partial charge on any atom is -0.618 e. The number of ketones is 1. The second-order valence-electron chi connectivity index (χ2n) is 5.37. The van der Waals surface area contributed by atoms with Gasteiger partial charge in [-0.25, -0.2) is 0 Å². The van der Waals surface area contributed by atoms with Crippen LogP contribution in [0.25, 0.3) is 0 Å². The Kier molecular flexibility index (Phi) is 3.33. The maximum absolute atomic E-state index is 12.4. The van der Waals surface area contributed by atoms with Gasteiger partial charge >= 0.3 is 0 Å². The van der Waals surface area contributed by atoms with E-state index in [1.165, 1.54) is 12.1 Å². The molecule has 0 fully saturated rings. The monoisotopic (exact) mass is 311 g/mol. The van der Waals surface area contributed by atoms with Gasteiger partial charge in [0.25, 0.3) is 17.2 Å². The Balaban J connectivity index is 2.09. The van der Waals surface area contributed by atoms with Crippen molar-refractivity contribution in [3.05, 3.63) is 68.9 Å². The summed E-state index contributed by atoms with van der Waals surface area (Å²) in [6.45, 7) is 0. The first kappa shape index (κ1) is 14.7. The van der Waals surface area contributed by atoms with E-state index in [1.54, 1.807) is 24.3 Å². The highest BCUT2D eigenvalue weighted by molar-refractivity contribution is 6.52. The fourth-order valence-electron chi connectivity index (χ4n) is 2.50. The lowest BCUT2D eigenvalue weighted by Crippen LogP contribution is -2.17. The normalized spacial score (nSPS) is 13.2. The van der Waals surface area contributed by atoms with Gasteiger partial charge in [0.1, 0.15) is 5.56 Å². The number of fused-ring (bicyclic) bond motifs is 1. The van der Waals surface area contributed by atoms with Gasteiger partial charge in [-0.3, -0.25) is 14.9 Å².